The molecule has 0 radical (unpaired) electrons. The SMILES string of the molecule is CN(C)c1ccc(-c2cn3c(=O)c4ncn([C@@H]5O[C@H](CO)[C@@H](O)[C@@]5(C)O)c4nc3[nH]2)cc1. The number of nitrogens with zero attached hydrogens (tertiary/aromatic N) is 5. The average Bonchev–Trinajstić information content (AvgIpc) is 3.44. The minimum absolute atomic E-state index is 0.0948. The summed E-state index contributed by atoms with van der Waals surface area (Å²) in [5, 5.41) is 30.5. The van der Waals surface area contributed by atoms with Crippen LogP contribution in [-0.2, 0) is 4.74 Å². The van der Waals surface area contributed by atoms with Crippen LogP contribution in [0.15, 0.2) is 41.6 Å². The number of aliphatic hydroxyl groups excluding tert-OH is 2. The Morgan fingerprint density at radius 1 is 1.28 bits per heavy atom. The van der Waals surface area contributed by atoms with Gasteiger partial charge in [0.1, 0.15) is 17.8 Å². The van der Waals surface area contributed by atoms with Crippen molar-refractivity contribution in [3.05, 3.63) is 47.1 Å². The van der Waals surface area contributed by atoms with Crippen molar-refractivity contribution in [2.75, 3.05) is 25.6 Å². The van der Waals surface area contributed by atoms with Crippen LogP contribution < -0.4 is 10.5 Å². The Bertz CT molecular complexity index is 1350. The second kappa shape index (κ2) is 7.14. The minimum Gasteiger partial charge on any atom is -0.394 e. The van der Waals surface area contributed by atoms with E-state index in [1.807, 2.05) is 43.3 Å². The van der Waals surface area contributed by atoms with Crippen LogP contribution in [-0.4, -0.2) is 77.8 Å². The molecule has 0 aliphatic carbocycles. The molecule has 11 nitrogen and oxygen atoms in total. The number of anilines is 1. The van der Waals surface area contributed by atoms with Gasteiger partial charge in [0.05, 0.1) is 18.6 Å². The first-order valence-corrected chi connectivity index (χ1v) is 10.1. The fourth-order valence-electron chi connectivity index (χ4n) is 4.12. The number of benzene rings is 1. The highest BCUT2D eigenvalue weighted by Gasteiger charge is 2.53. The standard InChI is InChI=1S/C21H24N6O5/c1-21(31)16(29)14(9-28)32-19(21)27-10-22-15-17(27)24-20-23-13(8-26(20)18(15)30)11-4-6-12(7-5-11)25(2)3/h4-8,10,14,16,19,28-29,31H,9H2,1-3H3,(H,23,24)/t14-,16-,19-,21-/m1/s1. The Morgan fingerprint density at radius 2 is 2.00 bits per heavy atom. The number of fused-ring (bicyclic) bond motifs is 2. The Hall–Kier alpha value is -3.25. The Morgan fingerprint density at radius 3 is 2.62 bits per heavy atom. The molecule has 0 saturated carbocycles. The maximum Gasteiger partial charge on any atom is 0.287 e. The van der Waals surface area contributed by atoms with Crippen molar-refractivity contribution in [3.63, 3.8) is 0 Å². The largest absolute Gasteiger partial charge is 0.394 e. The Labute approximate surface area is 182 Å². The number of hydrogen-bond donors (Lipinski definition) is 4. The lowest BCUT2D eigenvalue weighted by Gasteiger charge is -2.27. The zero-order valence-corrected chi connectivity index (χ0v) is 17.8. The maximum absolute atomic E-state index is 13.1. The smallest absolute Gasteiger partial charge is 0.287 e. The summed E-state index contributed by atoms with van der Waals surface area (Å²) in [6.07, 6.45) is -0.365. The summed E-state index contributed by atoms with van der Waals surface area (Å²) in [6, 6.07) is 7.85. The first kappa shape index (κ1) is 20.6. The lowest BCUT2D eigenvalue weighted by atomic mass is 9.96. The van der Waals surface area contributed by atoms with Gasteiger partial charge in [0.25, 0.3) is 5.56 Å². The molecule has 1 saturated heterocycles. The molecule has 0 bridgehead atoms. The summed E-state index contributed by atoms with van der Waals surface area (Å²) in [5.74, 6) is 0.299. The van der Waals surface area contributed by atoms with E-state index in [-0.39, 0.29) is 16.7 Å². The van der Waals surface area contributed by atoms with Crippen LogP contribution in [0.25, 0.3) is 28.2 Å². The van der Waals surface area contributed by atoms with Crippen LogP contribution in [0.1, 0.15) is 13.2 Å². The van der Waals surface area contributed by atoms with Crippen molar-refractivity contribution < 1.29 is 20.1 Å². The number of imidazole rings is 2. The van der Waals surface area contributed by atoms with Crippen LogP contribution >= 0.6 is 0 Å². The number of nitrogens with one attached hydrogen (secondary N) is 1. The summed E-state index contributed by atoms with van der Waals surface area (Å²) < 4.78 is 8.45. The van der Waals surface area contributed by atoms with Gasteiger partial charge in [0.15, 0.2) is 17.4 Å². The molecule has 168 valence electrons. The number of aromatic nitrogens is 5. The van der Waals surface area contributed by atoms with Crippen molar-refractivity contribution in [1.29, 1.82) is 0 Å². The van der Waals surface area contributed by atoms with Gasteiger partial charge in [-0.3, -0.25) is 9.36 Å². The number of rotatable bonds is 4. The van der Waals surface area contributed by atoms with Crippen molar-refractivity contribution >= 4 is 22.6 Å². The third-order valence-corrected chi connectivity index (χ3v) is 6.02. The molecule has 5 rings (SSSR count). The van der Waals surface area contributed by atoms with Crippen LogP contribution in [0.5, 0.6) is 0 Å². The molecule has 1 aliphatic rings. The summed E-state index contributed by atoms with van der Waals surface area (Å²) in [5.41, 5.74) is 0.836. The monoisotopic (exact) mass is 440 g/mol. The van der Waals surface area contributed by atoms with Crippen LogP contribution in [0.3, 0.4) is 0 Å². The predicted molar refractivity (Wildman–Crippen MR) is 116 cm³/mol. The maximum atomic E-state index is 13.1. The minimum atomic E-state index is -1.72. The molecule has 4 aromatic rings. The fourth-order valence-corrected chi connectivity index (χ4v) is 4.12. The highest BCUT2D eigenvalue weighted by Crippen LogP contribution is 2.39. The van der Waals surface area contributed by atoms with Gasteiger partial charge in [-0.1, -0.05) is 12.1 Å². The fraction of sp³-hybridized carbons (Fsp3) is 0.381. The van der Waals surface area contributed by atoms with Gasteiger partial charge < -0.3 is 29.9 Å². The molecule has 0 unspecified atom stereocenters. The van der Waals surface area contributed by atoms with Gasteiger partial charge in [-0.25, -0.2) is 9.38 Å². The van der Waals surface area contributed by atoms with Gasteiger partial charge in [-0.15, -0.1) is 0 Å². The molecule has 4 N–H and O–H groups in total. The van der Waals surface area contributed by atoms with Crippen molar-refractivity contribution in [2.24, 2.45) is 0 Å². The average molecular weight is 440 g/mol. The summed E-state index contributed by atoms with van der Waals surface area (Å²) >= 11 is 0. The molecule has 1 aliphatic heterocycles. The van der Waals surface area contributed by atoms with E-state index in [9.17, 15) is 20.1 Å². The Kier molecular flexibility index (Phi) is 4.60. The van der Waals surface area contributed by atoms with Crippen LogP contribution in [0.2, 0.25) is 0 Å². The van der Waals surface area contributed by atoms with Gasteiger partial charge in [-0.2, -0.15) is 4.98 Å². The normalized spacial score (nSPS) is 25.8. The predicted octanol–water partition coefficient (Wildman–Crippen LogP) is 0.107. The molecule has 1 fully saturated rings. The highest BCUT2D eigenvalue weighted by atomic mass is 16.6. The summed E-state index contributed by atoms with van der Waals surface area (Å²) in [4.78, 5) is 27.0. The van der Waals surface area contributed by atoms with E-state index < -0.39 is 30.6 Å². The molecule has 4 atom stereocenters. The zero-order valence-electron chi connectivity index (χ0n) is 17.8. The number of hydrogen-bond acceptors (Lipinski definition) is 8. The van der Waals surface area contributed by atoms with E-state index >= 15 is 0 Å². The van der Waals surface area contributed by atoms with E-state index in [2.05, 4.69) is 15.0 Å². The van der Waals surface area contributed by atoms with Crippen LogP contribution in [0, 0.1) is 0 Å². The second-order valence-corrected chi connectivity index (χ2v) is 8.42. The van der Waals surface area contributed by atoms with Gasteiger partial charge >= 0.3 is 0 Å². The number of aromatic amines is 1. The second-order valence-electron chi connectivity index (χ2n) is 8.42. The number of ether oxygens (including phenoxy) is 1. The first-order valence-electron chi connectivity index (χ1n) is 10.1. The van der Waals surface area contributed by atoms with Gasteiger partial charge in [0, 0.05) is 26.0 Å². The van der Waals surface area contributed by atoms with E-state index in [4.69, 9.17) is 4.74 Å². The van der Waals surface area contributed by atoms with Gasteiger partial charge in [0.2, 0.25) is 5.78 Å². The molecular formula is C21H24N6O5. The third-order valence-electron chi connectivity index (χ3n) is 6.02. The zero-order chi connectivity index (χ0) is 22.8. The molecule has 4 heterocycles. The lowest BCUT2D eigenvalue weighted by Crippen LogP contribution is -2.44. The van der Waals surface area contributed by atoms with Crippen LogP contribution in [0.4, 0.5) is 5.69 Å². The van der Waals surface area contributed by atoms with E-state index in [1.165, 1.54) is 22.2 Å². The van der Waals surface area contributed by atoms with E-state index in [0.717, 1.165) is 11.3 Å². The van der Waals surface area contributed by atoms with E-state index in [1.54, 1.807) is 6.20 Å². The number of H-pyrrole nitrogens is 1. The third kappa shape index (κ3) is 2.93. The molecule has 32 heavy (non-hydrogen) atoms. The van der Waals surface area contributed by atoms with Gasteiger partial charge in [-0.05, 0) is 24.6 Å². The molecule has 0 spiro atoms. The molecular weight excluding hydrogens is 416 g/mol. The highest BCUT2D eigenvalue weighted by molar-refractivity contribution is 5.73. The molecule has 3 aromatic heterocycles. The lowest BCUT2D eigenvalue weighted by molar-refractivity contribution is -0.0950. The first-order chi connectivity index (χ1) is 15.2. The Balaban J connectivity index is 1.61. The number of aliphatic hydroxyl groups is 3. The van der Waals surface area contributed by atoms with Crippen molar-refractivity contribution in [3.8, 4) is 11.3 Å². The van der Waals surface area contributed by atoms with E-state index in [0.29, 0.717) is 11.5 Å². The molecule has 0 amide bonds. The topological polar surface area (TPSA) is 141 Å². The summed E-state index contributed by atoms with van der Waals surface area (Å²) in [7, 11) is 3.92. The summed E-state index contributed by atoms with van der Waals surface area (Å²) in [6.45, 7) is 0.937. The van der Waals surface area contributed by atoms with Crippen molar-refractivity contribution in [2.45, 2.75) is 31.0 Å². The van der Waals surface area contributed by atoms with Crippen molar-refractivity contribution in [1.82, 2.24) is 23.9 Å². The quantitative estimate of drug-likeness (QED) is 0.350. The molecule has 1 aromatic carbocycles. The molecule has 11 heteroatoms.